The molecular weight excluding hydrogens is 246 g/mol. The quantitative estimate of drug-likeness (QED) is 0.563. The number of nitrogens with one attached hydrogen (secondary N) is 1. The van der Waals surface area contributed by atoms with Crippen LogP contribution in [0.3, 0.4) is 0 Å². The van der Waals surface area contributed by atoms with Crippen LogP contribution in [0.2, 0.25) is 0 Å². The van der Waals surface area contributed by atoms with E-state index >= 15 is 0 Å². The molecule has 0 heterocycles. The van der Waals surface area contributed by atoms with Gasteiger partial charge in [-0.2, -0.15) is 0 Å². The maximum Gasteiger partial charge on any atom is 0.346 e. The van der Waals surface area contributed by atoms with Gasteiger partial charge in [0.05, 0.1) is 6.04 Å². The van der Waals surface area contributed by atoms with E-state index in [2.05, 4.69) is 5.32 Å². The summed E-state index contributed by atoms with van der Waals surface area (Å²) >= 11 is 0. The van der Waals surface area contributed by atoms with Gasteiger partial charge in [0.15, 0.2) is 5.78 Å². The van der Waals surface area contributed by atoms with Crippen LogP contribution in [-0.2, 0) is 14.3 Å². The fourth-order valence-electron chi connectivity index (χ4n) is 1.69. The van der Waals surface area contributed by atoms with Gasteiger partial charge in [0, 0.05) is 0 Å². The van der Waals surface area contributed by atoms with E-state index in [1.807, 2.05) is 13.8 Å². The molecule has 0 aromatic carbocycles. The highest BCUT2D eigenvalue weighted by Gasteiger charge is 2.45. The first-order chi connectivity index (χ1) is 8.47. The van der Waals surface area contributed by atoms with Crippen molar-refractivity contribution in [3.63, 3.8) is 0 Å². The molecule has 0 aromatic heterocycles. The van der Waals surface area contributed by atoms with E-state index in [4.69, 9.17) is 4.74 Å². The first kappa shape index (κ1) is 18.1. The van der Waals surface area contributed by atoms with Crippen molar-refractivity contribution >= 4 is 11.8 Å². The number of rotatable bonds is 6. The topological polar surface area (TPSA) is 75.6 Å². The van der Waals surface area contributed by atoms with E-state index in [9.17, 15) is 14.7 Å². The molecule has 0 saturated heterocycles. The SMILES string of the molecule is CCC(C)[C@H](NC)C(=O)C(C)(O)C(=O)OC(C)(C)C. The molecule has 5 heteroatoms. The van der Waals surface area contributed by atoms with E-state index in [0.29, 0.717) is 0 Å². The van der Waals surface area contributed by atoms with E-state index in [1.165, 1.54) is 6.92 Å². The van der Waals surface area contributed by atoms with Gasteiger partial charge in [-0.1, -0.05) is 20.3 Å². The smallest absolute Gasteiger partial charge is 0.346 e. The Morgan fingerprint density at radius 1 is 1.26 bits per heavy atom. The van der Waals surface area contributed by atoms with Gasteiger partial charge in [0.2, 0.25) is 5.60 Å². The van der Waals surface area contributed by atoms with Crippen molar-refractivity contribution in [1.29, 1.82) is 0 Å². The molecule has 5 nitrogen and oxygen atoms in total. The fraction of sp³-hybridized carbons (Fsp3) is 0.857. The molecule has 0 fully saturated rings. The lowest BCUT2D eigenvalue weighted by Crippen LogP contribution is -2.56. The van der Waals surface area contributed by atoms with Crippen LogP contribution in [0.1, 0.15) is 48.0 Å². The average molecular weight is 273 g/mol. The summed E-state index contributed by atoms with van der Waals surface area (Å²) < 4.78 is 5.09. The van der Waals surface area contributed by atoms with Gasteiger partial charge in [-0.3, -0.25) is 4.79 Å². The van der Waals surface area contributed by atoms with Crippen molar-refractivity contribution in [2.24, 2.45) is 5.92 Å². The molecule has 0 saturated carbocycles. The molecular formula is C14H27NO4. The Bertz CT molecular complexity index is 331. The van der Waals surface area contributed by atoms with E-state index in [-0.39, 0.29) is 5.92 Å². The van der Waals surface area contributed by atoms with Crippen molar-refractivity contribution in [1.82, 2.24) is 5.32 Å². The highest BCUT2D eigenvalue weighted by Crippen LogP contribution is 2.20. The van der Waals surface area contributed by atoms with Crippen LogP contribution in [0.4, 0.5) is 0 Å². The second-order valence-electron chi connectivity index (χ2n) is 6.09. The minimum Gasteiger partial charge on any atom is -0.457 e. The lowest BCUT2D eigenvalue weighted by atomic mass is 9.86. The standard InChI is InChI=1S/C14H27NO4/c1-8-9(2)10(15-7)11(16)14(6,18)12(17)19-13(3,4)5/h9-10,15,18H,8H2,1-7H3/t9?,10-,14?/m0/s1. The molecule has 0 aliphatic heterocycles. The Labute approximate surface area is 115 Å². The number of Topliss-reactive ketones (excluding diaryl/α,β-unsaturated/α-hetero) is 1. The number of hydrogen-bond acceptors (Lipinski definition) is 5. The summed E-state index contributed by atoms with van der Waals surface area (Å²) in [7, 11) is 1.64. The predicted octanol–water partition coefficient (Wildman–Crippen LogP) is 1.28. The van der Waals surface area contributed by atoms with Gasteiger partial charge in [-0.05, 0) is 40.7 Å². The van der Waals surface area contributed by atoms with E-state index in [0.717, 1.165) is 6.42 Å². The van der Waals surface area contributed by atoms with Crippen molar-refractivity contribution in [2.45, 2.75) is 65.2 Å². The Morgan fingerprint density at radius 2 is 1.74 bits per heavy atom. The summed E-state index contributed by atoms with van der Waals surface area (Å²) in [6, 6.07) is -0.576. The maximum atomic E-state index is 12.3. The zero-order valence-corrected chi connectivity index (χ0v) is 13.0. The average Bonchev–Trinajstić information content (AvgIpc) is 2.27. The van der Waals surface area contributed by atoms with E-state index in [1.54, 1.807) is 27.8 Å². The van der Waals surface area contributed by atoms with Crippen LogP contribution in [0, 0.1) is 5.92 Å². The van der Waals surface area contributed by atoms with Gasteiger partial charge in [-0.25, -0.2) is 4.79 Å². The number of carbonyl (C=O) groups excluding carboxylic acids is 2. The van der Waals surface area contributed by atoms with Crippen LogP contribution < -0.4 is 5.32 Å². The number of esters is 1. The zero-order valence-electron chi connectivity index (χ0n) is 13.0. The van der Waals surface area contributed by atoms with Crippen molar-refractivity contribution in [3.8, 4) is 0 Å². The summed E-state index contributed by atoms with van der Waals surface area (Å²) in [5, 5.41) is 13.1. The molecule has 0 rings (SSSR count). The molecule has 0 spiro atoms. The Balaban J connectivity index is 5.07. The molecule has 0 radical (unpaired) electrons. The molecule has 0 aliphatic carbocycles. The third-order valence-electron chi connectivity index (χ3n) is 3.08. The molecule has 2 N–H and O–H groups in total. The van der Waals surface area contributed by atoms with Gasteiger partial charge in [-0.15, -0.1) is 0 Å². The summed E-state index contributed by atoms with van der Waals surface area (Å²) in [5.41, 5.74) is -2.88. The van der Waals surface area contributed by atoms with Crippen molar-refractivity contribution < 1.29 is 19.4 Å². The molecule has 112 valence electrons. The first-order valence-electron chi connectivity index (χ1n) is 6.64. The number of hydrogen-bond donors (Lipinski definition) is 2. The molecule has 0 aliphatic rings. The normalized spacial score (nSPS) is 18.3. The number of carbonyl (C=O) groups is 2. The number of ether oxygens (including phenoxy) is 1. The van der Waals surface area contributed by atoms with Crippen LogP contribution in [0.5, 0.6) is 0 Å². The van der Waals surface area contributed by atoms with Gasteiger partial charge >= 0.3 is 5.97 Å². The second-order valence-corrected chi connectivity index (χ2v) is 6.09. The predicted molar refractivity (Wildman–Crippen MR) is 73.8 cm³/mol. The Morgan fingerprint density at radius 3 is 2.05 bits per heavy atom. The van der Waals surface area contributed by atoms with Crippen LogP contribution in [0.15, 0.2) is 0 Å². The highest BCUT2D eigenvalue weighted by molar-refractivity contribution is 6.09. The maximum absolute atomic E-state index is 12.3. The summed E-state index contributed by atoms with van der Waals surface area (Å²) in [5.74, 6) is -1.45. The fourth-order valence-corrected chi connectivity index (χ4v) is 1.69. The third-order valence-corrected chi connectivity index (χ3v) is 3.08. The van der Waals surface area contributed by atoms with Crippen LogP contribution in [-0.4, -0.2) is 41.2 Å². The monoisotopic (exact) mass is 273 g/mol. The highest BCUT2D eigenvalue weighted by atomic mass is 16.6. The van der Waals surface area contributed by atoms with Crippen molar-refractivity contribution in [2.75, 3.05) is 7.05 Å². The lowest BCUT2D eigenvalue weighted by molar-refractivity contribution is -0.179. The third kappa shape index (κ3) is 4.91. The molecule has 0 aromatic rings. The molecule has 0 bridgehead atoms. The first-order valence-corrected chi connectivity index (χ1v) is 6.64. The van der Waals surface area contributed by atoms with Crippen molar-refractivity contribution in [3.05, 3.63) is 0 Å². The number of likely N-dealkylation sites (N-methyl/N-ethyl adjacent to an activating group) is 1. The summed E-state index contributed by atoms with van der Waals surface area (Å²) in [6.45, 7) is 10.1. The molecule has 3 atom stereocenters. The minimum absolute atomic E-state index is 0.0198. The second kappa shape index (κ2) is 6.48. The van der Waals surface area contributed by atoms with E-state index < -0.39 is 29.0 Å². The van der Waals surface area contributed by atoms with Gasteiger partial charge in [0.25, 0.3) is 0 Å². The minimum atomic E-state index is -2.13. The lowest BCUT2D eigenvalue weighted by Gasteiger charge is -2.31. The van der Waals surface area contributed by atoms with Gasteiger partial charge in [0.1, 0.15) is 5.60 Å². The Hall–Kier alpha value is -0.940. The zero-order chi connectivity index (χ0) is 15.4. The number of ketones is 1. The Kier molecular flexibility index (Phi) is 6.16. The summed E-state index contributed by atoms with van der Waals surface area (Å²) in [6.07, 6.45) is 0.766. The van der Waals surface area contributed by atoms with Crippen LogP contribution >= 0.6 is 0 Å². The van der Waals surface area contributed by atoms with Gasteiger partial charge < -0.3 is 15.2 Å². The van der Waals surface area contributed by atoms with Crippen LogP contribution in [0.25, 0.3) is 0 Å². The molecule has 0 amide bonds. The number of aliphatic hydroxyl groups is 1. The largest absolute Gasteiger partial charge is 0.457 e. The summed E-state index contributed by atoms with van der Waals surface area (Å²) in [4.78, 5) is 24.2. The molecule has 19 heavy (non-hydrogen) atoms. The molecule has 2 unspecified atom stereocenters.